The number of carbonyl (C=O) groups excluding carboxylic acids is 1. The van der Waals surface area contributed by atoms with Crippen LogP contribution in [0, 0.1) is 0 Å². The van der Waals surface area contributed by atoms with Gasteiger partial charge in [0.05, 0.1) is 21.4 Å². The number of hydrogen-bond donors (Lipinski definition) is 2. The molecule has 0 spiro atoms. The Balaban J connectivity index is 1.88. The molecule has 0 saturated heterocycles. The van der Waals surface area contributed by atoms with Gasteiger partial charge in [-0.3, -0.25) is 4.79 Å². The summed E-state index contributed by atoms with van der Waals surface area (Å²) in [6, 6.07) is 22.0. The number of carbonyl (C=O) groups is 1. The summed E-state index contributed by atoms with van der Waals surface area (Å²) in [5.41, 5.74) is 2.47. The second kappa shape index (κ2) is 7.39. The number of halogens is 2. The first-order valence-electron chi connectivity index (χ1n) is 7.31. The number of benzene rings is 3. The maximum atomic E-state index is 12.3. The van der Waals surface area contributed by atoms with Crippen LogP contribution in [0.25, 0.3) is 0 Å². The normalized spacial score (nSPS) is 10.2. The van der Waals surface area contributed by atoms with Gasteiger partial charge in [0, 0.05) is 11.3 Å². The molecule has 0 aliphatic heterocycles. The molecule has 120 valence electrons. The van der Waals surface area contributed by atoms with Crippen LogP contribution < -0.4 is 10.6 Å². The third-order valence-corrected chi connectivity index (χ3v) is 4.13. The summed E-state index contributed by atoms with van der Waals surface area (Å²) >= 11 is 12.6. The Bertz CT molecular complexity index is 852. The van der Waals surface area contributed by atoms with Crippen molar-refractivity contribution in [1.29, 1.82) is 0 Å². The third kappa shape index (κ3) is 3.70. The molecule has 3 aromatic rings. The Labute approximate surface area is 150 Å². The van der Waals surface area contributed by atoms with Crippen LogP contribution in [-0.2, 0) is 0 Å². The lowest BCUT2D eigenvalue weighted by atomic mass is 10.2. The van der Waals surface area contributed by atoms with E-state index in [4.69, 9.17) is 23.2 Å². The molecule has 0 aliphatic rings. The van der Waals surface area contributed by atoms with Crippen molar-refractivity contribution in [3.63, 3.8) is 0 Å². The maximum Gasteiger partial charge on any atom is 0.255 e. The van der Waals surface area contributed by atoms with Gasteiger partial charge >= 0.3 is 0 Å². The Morgan fingerprint density at radius 2 is 1.42 bits per heavy atom. The van der Waals surface area contributed by atoms with E-state index < -0.39 is 0 Å². The van der Waals surface area contributed by atoms with Crippen molar-refractivity contribution in [3.8, 4) is 0 Å². The zero-order valence-electron chi connectivity index (χ0n) is 12.6. The summed E-state index contributed by atoms with van der Waals surface area (Å²) in [6.45, 7) is 0. The molecule has 3 nitrogen and oxygen atoms in total. The molecule has 5 heteroatoms. The smallest absolute Gasteiger partial charge is 0.255 e. The standard InChI is InChI=1S/C19H14Cl2N2O/c20-15-11-12-16(22-14-9-5-2-6-10-14)17(21)18(15)23-19(24)13-7-3-1-4-8-13/h1-12,22H,(H,23,24). The fourth-order valence-electron chi connectivity index (χ4n) is 2.22. The molecule has 3 aromatic carbocycles. The number of hydrogen-bond acceptors (Lipinski definition) is 2. The lowest BCUT2D eigenvalue weighted by Crippen LogP contribution is -2.12. The number of amides is 1. The Morgan fingerprint density at radius 1 is 0.792 bits per heavy atom. The highest BCUT2D eigenvalue weighted by Gasteiger charge is 2.14. The quantitative estimate of drug-likeness (QED) is 0.602. The van der Waals surface area contributed by atoms with Crippen molar-refractivity contribution >= 4 is 46.2 Å². The monoisotopic (exact) mass is 356 g/mol. The van der Waals surface area contributed by atoms with Gasteiger partial charge in [0.2, 0.25) is 0 Å². The molecule has 0 unspecified atom stereocenters. The van der Waals surface area contributed by atoms with Gasteiger partial charge in [0.25, 0.3) is 5.91 Å². The maximum absolute atomic E-state index is 12.3. The van der Waals surface area contributed by atoms with Crippen LogP contribution in [0.15, 0.2) is 72.8 Å². The third-order valence-electron chi connectivity index (χ3n) is 3.42. The average Bonchev–Trinajstić information content (AvgIpc) is 2.62. The Kier molecular flexibility index (Phi) is 5.04. The van der Waals surface area contributed by atoms with Crippen LogP contribution in [0.1, 0.15) is 10.4 Å². The molecule has 24 heavy (non-hydrogen) atoms. The van der Waals surface area contributed by atoms with Gasteiger partial charge in [-0.25, -0.2) is 0 Å². The van der Waals surface area contributed by atoms with E-state index in [0.717, 1.165) is 5.69 Å². The minimum atomic E-state index is -0.267. The van der Waals surface area contributed by atoms with Crippen molar-refractivity contribution in [1.82, 2.24) is 0 Å². The highest BCUT2D eigenvalue weighted by molar-refractivity contribution is 6.41. The van der Waals surface area contributed by atoms with Gasteiger partial charge in [0.15, 0.2) is 0 Å². The number of para-hydroxylation sites is 1. The molecule has 0 radical (unpaired) electrons. The predicted molar refractivity (Wildman–Crippen MR) is 101 cm³/mol. The average molecular weight is 357 g/mol. The molecule has 1 amide bonds. The van der Waals surface area contributed by atoms with Crippen molar-refractivity contribution in [2.45, 2.75) is 0 Å². The fraction of sp³-hybridized carbons (Fsp3) is 0. The summed E-state index contributed by atoms with van der Waals surface area (Å²) in [4.78, 5) is 12.3. The molecular formula is C19H14Cl2N2O. The SMILES string of the molecule is O=C(Nc1c(Cl)ccc(Nc2ccccc2)c1Cl)c1ccccc1. The molecule has 0 aliphatic carbocycles. The summed E-state index contributed by atoms with van der Waals surface area (Å²) in [5.74, 6) is -0.267. The lowest BCUT2D eigenvalue weighted by Gasteiger charge is -2.14. The first kappa shape index (κ1) is 16.4. The van der Waals surface area contributed by atoms with E-state index in [0.29, 0.717) is 27.0 Å². The van der Waals surface area contributed by atoms with Gasteiger partial charge in [0.1, 0.15) is 0 Å². The molecule has 0 aromatic heterocycles. The van der Waals surface area contributed by atoms with E-state index in [1.165, 1.54) is 0 Å². The Hall–Kier alpha value is -2.49. The zero-order chi connectivity index (χ0) is 16.9. The first-order valence-corrected chi connectivity index (χ1v) is 8.07. The highest BCUT2D eigenvalue weighted by atomic mass is 35.5. The summed E-state index contributed by atoms with van der Waals surface area (Å²) < 4.78 is 0. The number of anilines is 3. The van der Waals surface area contributed by atoms with Crippen molar-refractivity contribution in [2.75, 3.05) is 10.6 Å². The van der Waals surface area contributed by atoms with Crippen LogP contribution in [0.5, 0.6) is 0 Å². The fourth-order valence-corrected chi connectivity index (χ4v) is 2.73. The van der Waals surface area contributed by atoms with E-state index >= 15 is 0 Å². The second-order valence-corrected chi connectivity index (χ2v) is 5.88. The highest BCUT2D eigenvalue weighted by Crippen LogP contribution is 2.37. The minimum absolute atomic E-state index is 0.267. The molecule has 0 fully saturated rings. The van der Waals surface area contributed by atoms with Gasteiger partial charge in [-0.1, -0.05) is 59.6 Å². The van der Waals surface area contributed by atoms with Crippen LogP contribution in [-0.4, -0.2) is 5.91 Å². The topological polar surface area (TPSA) is 41.1 Å². The van der Waals surface area contributed by atoms with Crippen LogP contribution in [0.4, 0.5) is 17.1 Å². The van der Waals surface area contributed by atoms with Crippen molar-refractivity contribution < 1.29 is 4.79 Å². The van der Waals surface area contributed by atoms with Gasteiger partial charge in [-0.2, -0.15) is 0 Å². The van der Waals surface area contributed by atoms with Crippen LogP contribution in [0.2, 0.25) is 10.0 Å². The van der Waals surface area contributed by atoms with E-state index in [2.05, 4.69) is 10.6 Å². The lowest BCUT2D eigenvalue weighted by molar-refractivity contribution is 0.102. The van der Waals surface area contributed by atoms with E-state index in [-0.39, 0.29) is 5.91 Å². The van der Waals surface area contributed by atoms with Crippen molar-refractivity contribution in [3.05, 3.63) is 88.4 Å². The number of nitrogens with one attached hydrogen (secondary N) is 2. The van der Waals surface area contributed by atoms with Gasteiger partial charge in [-0.05, 0) is 36.4 Å². The molecule has 3 rings (SSSR count). The second-order valence-electron chi connectivity index (χ2n) is 5.10. The largest absolute Gasteiger partial charge is 0.354 e. The summed E-state index contributed by atoms with van der Waals surface area (Å²) in [6.07, 6.45) is 0. The van der Waals surface area contributed by atoms with E-state index in [1.54, 1.807) is 36.4 Å². The summed E-state index contributed by atoms with van der Waals surface area (Å²) in [5, 5.41) is 6.72. The predicted octanol–water partition coefficient (Wildman–Crippen LogP) is 5.99. The van der Waals surface area contributed by atoms with E-state index in [9.17, 15) is 4.79 Å². The van der Waals surface area contributed by atoms with Gasteiger partial charge in [-0.15, -0.1) is 0 Å². The summed E-state index contributed by atoms with van der Waals surface area (Å²) in [7, 11) is 0. The van der Waals surface area contributed by atoms with Crippen molar-refractivity contribution in [2.24, 2.45) is 0 Å². The molecule has 0 heterocycles. The molecule has 0 atom stereocenters. The molecule has 2 N–H and O–H groups in total. The minimum Gasteiger partial charge on any atom is -0.354 e. The van der Waals surface area contributed by atoms with Crippen LogP contribution >= 0.6 is 23.2 Å². The molecular weight excluding hydrogens is 343 g/mol. The molecule has 0 bridgehead atoms. The zero-order valence-corrected chi connectivity index (χ0v) is 14.1. The molecule has 0 saturated carbocycles. The Morgan fingerprint density at radius 3 is 2.08 bits per heavy atom. The van der Waals surface area contributed by atoms with Gasteiger partial charge < -0.3 is 10.6 Å². The number of rotatable bonds is 4. The first-order chi connectivity index (χ1) is 11.6. The van der Waals surface area contributed by atoms with Crippen LogP contribution in [0.3, 0.4) is 0 Å². The van der Waals surface area contributed by atoms with E-state index in [1.807, 2.05) is 36.4 Å².